The summed E-state index contributed by atoms with van der Waals surface area (Å²) in [5.41, 5.74) is -32.6. The zero-order valence-electron chi connectivity index (χ0n) is 19.2. The predicted octanol–water partition coefficient (Wildman–Crippen LogP) is -19.5. The third-order valence-corrected chi connectivity index (χ3v) is 5.87. The Morgan fingerprint density at radius 2 is 0.275 bits per heavy atom. The van der Waals surface area contributed by atoms with Crippen molar-refractivity contribution < 1.29 is 99.0 Å². The van der Waals surface area contributed by atoms with E-state index in [4.69, 9.17) is 0 Å². The van der Waals surface area contributed by atoms with E-state index in [9.17, 15) is 99.0 Å². The number of hydrogen-bond donors (Lipinski definition) is 0. The molecule has 0 bridgehead atoms. The number of hydrogen-bond acceptors (Lipinski definition) is 20. The molecule has 1 fully saturated rings. The van der Waals surface area contributed by atoms with Gasteiger partial charge in [-0.2, -0.15) is 0 Å². The topological polar surface area (TPSA) is 401 Å². The van der Waals surface area contributed by atoms with Crippen molar-refractivity contribution in [2.75, 3.05) is 0 Å². The van der Waals surface area contributed by atoms with Gasteiger partial charge in [0.05, 0.1) is 86.8 Å². The Balaban J connectivity index is -0.000000817. The fraction of sp³-hybridized carbons (Fsp3) is 0.333. The Bertz CT molecular complexity index is 876. The third kappa shape index (κ3) is 5.01. The summed E-state index contributed by atoms with van der Waals surface area (Å²) in [5.74, 6) is -43.1. The van der Waals surface area contributed by atoms with Gasteiger partial charge in [-0.3, -0.25) is 0 Å². The van der Waals surface area contributed by atoms with Gasteiger partial charge in [0.2, 0.25) is 0 Å². The van der Waals surface area contributed by atoms with Crippen molar-refractivity contribution in [1.29, 1.82) is 0 Å². The average Bonchev–Trinajstić information content (AvgIpc) is 2.89. The molecule has 190 valence electrons. The summed E-state index contributed by atoms with van der Waals surface area (Å²) in [5, 5.41) is 119. The minimum absolute atomic E-state index is 0. The van der Waals surface area contributed by atoms with Crippen molar-refractivity contribution in [2.24, 2.45) is 27.1 Å². The SMILES string of the molecule is O=C([O-])C1(C(=O)[O-])C(C(=O)[O-])(C(=O)[O-])C(C(=O)[O-])(C(=O)[O-])C(C(=O)[O-])(C(=O)[O-])C1(C(=O)[O-])C(=O)[O-].[Ca+2].[Ca+2].[Ca+2].[Ca+2].[Ca+2]. The summed E-state index contributed by atoms with van der Waals surface area (Å²) in [4.78, 5) is 119. The molecule has 0 saturated heterocycles. The fourth-order valence-corrected chi connectivity index (χ4v) is 4.88. The van der Waals surface area contributed by atoms with Crippen LogP contribution in [0.5, 0.6) is 0 Å². The van der Waals surface area contributed by atoms with E-state index >= 15 is 0 Å². The second kappa shape index (κ2) is 16.3. The number of carboxylic acid groups (broad SMARTS) is 10. The first-order valence-electron chi connectivity index (χ1n) is 7.83. The zero-order chi connectivity index (χ0) is 28.3. The standard InChI is InChI=1S/C15H10O20.5Ca/c16-1(17)11(2(18)19)12(3(20)21,4(22)23)14(7(28)29,8(30)31)15(9(32)33,10(34)35)13(11,5(24)25)6(26)27;;;;;/h(H,16,17)(H,18,19)(H,20,21)(H,22,23)(H,24,25)(H,26,27)(H,28,29)(H,30,31)(H,32,33)(H,34,35);;;;;/q;5*+2/p-10. The average molecular weight is 701 g/mol. The van der Waals surface area contributed by atoms with Crippen molar-refractivity contribution in [3.05, 3.63) is 0 Å². The predicted molar refractivity (Wildman–Crippen MR) is 91.0 cm³/mol. The molecule has 0 aromatic rings. The van der Waals surface area contributed by atoms with Gasteiger partial charge < -0.3 is 99.0 Å². The van der Waals surface area contributed by atoms with Gasteiger partial charge in [0.25, 0.3) is 0 Å². The van der Waals surface area contributed by atoms with Crippen molar-refractivity contribution in [1.82, 2.24) is 0 Å². The van der Waals surface area contributed by atoms with E-state index in [0.29, 0.717) is 0 Å². The molecule has 0 spiro atoms. The first kappa shape index (κ1) is 50.6. The van der Waals surface area contributed by atoms with Crippen molar-refractivity contribution in [2.45, 2.75) is 0 Å². The molecule has 0 aliphatic heterocycles. The van der Waals surface area contributed by atoms with E-state index in [0.717, 1.165) is 0 Å². The molecule has 1 rings (SSSR count). The second-order valence-electron chi connectivity index (χ2n) is 6.62. The molecule has 1 aliphatic rings. The summed E-state index contributed by atoms with van der Waals surface area (Å²) in [6.07, 6.45) is 0. The van der Waals surface area contributed by atoms with Gasteiger partial charge in [-0.15, -0.1) is 0 Å². The molecule has 0 heterocycles. The Kier molecular flexibility index (Phi) is 20.7. The summed E-state index contributed by atoms with van der Waals surface area (Å²) in [7, 11) is 0. The molecule has 0 aromatic carbocycles. The molecule has 0 aromatic heterocycles. The van der Waals surface area contributed by atoms with E-state index in [1.165, 1.54) is 0 Å². The summed E-state index contributed by atoms with van der Waals surface area (Å²) in [6.45, 7) is 0. The molecular formula is C15Ca5O20. The van der Waals surface area contributed by atoms with Crippen LogP contribution in [0.4, 0.5) is 0 Å². The van der Waals surface area contributed by atoms with Crippen LogP contribution in [0.25, 0.3) is 0 Å². The van der Waals surface area contributed by atoms with Crippen LogP contribution in [0.3, 0.4) is 0 Å². The second-order valence-corrected chi connectivity index (χ2v) is 6.62. The van der Waals surface area contributed by atoms with Crippen LogP contribution in [0.2, 0.25) is 0 Å². The van der Waals surface area contributed by atoms with Crippen LogP contribution in [0.15, 0.2) is 0 Å². The van der Waals surface area contributed by atoms with Crippen molar-refractivity contribution in [3.63, 3.8) is 0 Å². The molecule has 0 atom stereocenters. The van der Waals surface area contributed by atoms with Gasteiger partial charge in [0.15, 0.2) is 0 Å². The van der Waals surface area contributed by atoms with Crippen LogP contribution >= 0.6 is 0 Å². The number of carboxylic acids is 10. The number of carbonyl (C=O) groups excluding carboxylic acids is 10. The largest absolute Gasteiger partial charge is 2.00 e. The van der Waals surface area contributed by atoms with E-state index in [1.54, 1.807) is 0 Å². The molecule has 20 nitrogen and oxygen atoms in total. The molecule has 40 heavy (non-hydrogen) atoms. The molecule has 0 amide bonds. The molecule has 25 heteroatoms. The molecular weight excluding hydrogens is 701 g/mol. The molecule has 0 radical (unpaired) electrons. The first-order chi connectivity index (χ1) is 15.7. The summed E-state index contributed by atoms with van der Waals surface area (Å²) < 4.78 is 0. The van der Waals surface area contributed by atoms with E-state index in [2.05, 4.69) is 0 Å². The Hall–Kier alpha value is 0.999. The summed E-state index contributed by atoms with van der Waals surface area (Å²) >= 11 is 0. The molecule has 0 N–H and O–H groups in total. The number of rotatable bonds is 10. The van der Waals surface area contributed by atoms with Gasteiger partial charge in [-0.25, -0.2) is 0 Å². The van der Waals surface area contributed by atoms with Crippen LogP contribution in [-0.4, -0.2) is 248 Å². The smallest absolute Gasteiger partial charge is 0.549 e. The monoisotopic (exact) mass is 700 g/mol. The minimum atomic E-state index is -6.52. The van der Waals surface area contributed by atoms with Crippen molar-refractivity contribution >= 4 is 248 Å². The van der Waals surface area contributed by atoms with Crippen LogP contribution in [-0.2, 0) is 47.9 Å². The first-order valence-corrected chi connectivity index (χ1v) is 7.83. The molecule has 1 saturated carbocycles. The van der Waals surface area contributed by atoms with Gasteiger partial charge in [-0.1, -0.05) is 0 Å². The number of aliphatic carboxylic acids is 10. The molecule has 1 aliphatic carbocycles. The van der Waals surface area contributed by atoms with Gasteiger partial charge in [-0.05, 0) is 0 Å². The van der Waals surface area contributed by atoms with Crippen LogP contribution < -0.4 is 51.1 Å². The Morgan fingerprint density at radius 1 is 0.225 bits per heavy atom. The van der Waals surface area contributed by atoms with E-state index < -0.39 is 86.8 Å². The quantitative estimate of drug-likeness (QED) is 0.151. The van der Waals surface area contributed by atoms with E-state index in [-0.39, 0.29) is 189 Å². The maximum Gasteiger partial charge on any atom is 2.00 e. The number of carbonyl (C=O) groups is 10. The minimum Gasteiger partial charge on any atom is -0.549 e. The normalized spacial score (nSPS) is 17.5. The Labute approximate surface area is 367 Å². The van der Waals surface area contributed by atoms with Crippen molar-refractivity contribution in [3.8, 4) is 0 Å². The molecule has 0 unspecified atom stereocenters. The van der Waals surface area contributed by atoms with Crippen LogP contribution in [0.1, 0.15) is 0 Å². The zero-order valence-corrected chi connectivity index (χ0v) is 30.2. The van der Waals surface area contributed by atoms with Crippen LogP contribution in [0, 0.1) is 27.1 Å². The fourth-order valence-electron chi connectivity index (χ4n) is 4.88. The maximum atomic E-state index is 11.9. The van der Waals surface area contributed by atoms with Gasteiger partial charge >= 0.3 is 189 Å². The van der Waals surface area contributed by atoms with Gasteiger partial charge in [0.1, 0.15) is 0 Å². The van der Waals surface area contributed by atoms with E-state index in [1.807, 2.05) is 0 Å². The van der Waals surface area contributed by atoms with Gasteiger partial charge in [0, 0.05) is 0 Å². The Morgan fingerprint density at radius 3 is 0.300 bits per heavy atom. The summed E-state index contributed by atoms with van der Waals surface area (Å²) in [6, 6.07) is 0. The maximum absolute atomic E-state index is 11.9. The third-order valence-electron chi connectivity index (χ3n) is 5.87.